The molecule has 0 fully saturated rings. The maximum Gasteiger partial charge on any atom is 0.326 e. The van der Waals surface area contributed by atoms with Crippen LogP contribution in [0.4, 0.5) is 0 Å². The molecule has 0 aliphatic rings. The second kappa shape index (κ2) is 7.13. The maximum atomic E-state index is 12.4. The summed E-state index contributed by atoms with van der Waals surface area (Å²) in [7, 11) is 0. The highest BCUT2D eigenvalue weighted by molar-refractivity contribution is 7.07. The number of ether oxygens (including phenoxy) is 1. The average molecular weight is 347 g/mol. The van der Waals surface area contributed by atoms with Gasteiger partial charge in [-0.1, -0.05) is 17.4 Å². The summed E-state index contributed by atoms with van der Waals surface area (Å²) in [6.45, 7) is 9.01. The number of Topliss-reactive ketones (excluding diaryl/α,β-unsaturated/α-hetero) is 1. The molecule has 1 heterocycles. The monoisotopic (exact) mass is 347 g/mol. The van der Waals surface area contributed by atoms with E-state index >= 15 is 0 Å². The fourth-order valence-corrected chi connectivity index (χ4v) is 3.44. The number of carbonyl (C=O) groups is 2. The molecule has 6 heteroatoms. The zero-order valence-electron chi connectivity index (χ0n) is 14.6. The molecule has 24 heavy (non-hydrogen) atoms. The first-order valence-electron chi connectivity index (χ1n) is 7.63. The molecule has 0 bridgehead atoms. The third-order valence-electron chi connectivity index (χ3n) is 4.26. The van der Waals surface area contributed by atoms with Crippen molar-refractivity contribution >= 4 is 23.1 Å². The number of carbonyl (C=O) groups excluding carboxylic acids is 2. The first kappa shape index (κ1) is 18.1. The quantitative estimate of drug-likeness (QED) is 0.616. The normalized spacial score (nSPS) is 10.7. The van der Waals surface area contributed by atoms with Crippen LogP contribution in [-0.4, -0.2) is 22.9 Å². The van der Waals surface area contributed by atoms with Crippen molar-refractivity contribution in [3.8, 4) is 0 Å². The second-order valence-electron chi connectivity index (χ2n) is 5.95. The van der Waals surface area contributed by atoms with Crippen LogP contribution in [0.2, 0.25) is 0 Å². The number of rotatable bonds is 5. The van der Waals surface area contributed by atoms with E-state index in [1.165, 1.54) is 4.57 Å². The Hall–Kier alpha value is -2.21. The molecule has 2 rings (SSSR count). The molecule has 1 aromatic heterocycles. The molecule has 0 N–H and O–H groups in total. The van der Waals surface area contributed by atoms with E-state index in [0.29, 0.717) is 11.3 Å². The summed E-state index contributed by atoms with van der Waals surface area (Å²) < 4.78 is 6.42. The number of aromatic nitrogens is 1. The van der Waals surface area contributed by atoms with Gasteiger partial charge in [-0.05, 0) is 56.9 Å². The Morgan fingerprint density at radius 1 is 1.08 bits per heavy atom. The van der Waals surface area contributed by atoms with Gasteiger partial charge in [-0.15, -0.1) is 0 Å². The smallest absolute Gasteiger partial charge is 0.326 e. The molecule has 5 nitrogen and oxygen atoms in total. The van der Waals surface area contributed by atoms with E-state index in [0.717, 1.165) is 33.6 Å². The van der Waals surface area contributed by atoms with Gasteiger partial charge in [0.2, 0.25) is 5.78 Å². The standard InChI is InChI=1S/C18H21NO4S/c1-10-6-11(2)17(14(5)13(10)4)15(20)8-23-16(21)7-19-12(3)9-24-18(19)22/h6,9H,7-8H2,1-5H3. The summed E-state index contributed by atoms with van der Waals surface area (Å²) >= 11 is 1.03. The van der Waals surface area contributed by atoms with Crippen LogP contribution in [-0.2, 0) is 16.1 Å². The number of benzene rings is 1. The first-order chi connectivity index (χ1) is 11.2. The SMILES string of the molecule is Cc1cc(C)c(C(=O)COC(=O)Cn2c(C)csc2=O)c(C)c1C. The molecule has 0 unspecified atom stereocenters. The summed E-state index contributed by atoms with van der Waals surface area (Å²) in [6.07, 6.45) is 0. The number of aryl methyl sites for hydroxylation is 3. The maximum absolute atomic E-state index is 12.4. The molecular formula is C18H21NO4S. The Morgan fingerprint density at radius 2 is 1.75 bits per heavy atom. The van der Waals surface area contributed by atoms with Crippen LogP contribution >= 0.6 is 11.3 Å². The molecule has 0 radical (unpaired) electrons. The van der Waals surface area contributed by atoms with Gasteiger partial charge in [0.05, 0.1) is 0 Å². The molecule has 0 aliphatic carbocycles. The van der Waals surface area contributed by atoms with Gasteiger partial charge in [0.15, 0.2) is 6.61 Å². The van der Waals surface area contributed by atoms with Crippen LogP contribution in [0.3, 0.4) is 0 Å². The molecule has 1 aromatic carbocycles. The lowest BCUT2D eigenvalue weighted by atomic mass is 9.92. The molecule has 0 atom stereocenters. The molecule has 0 saturated heterocycles. The lowest BCUT2D eigenvalue weighted by molar-refractivity contribution is -0.143. The highest BCUT2D eigenvalue weighted by Crippen LogP contribution is 2.22. The summed E-state index contributed by atoms with van der Waals surface area (Å²) in [4.78, 5) is 35.7. The molecule has 128 valence electrons. The van der Waals surface area contributed by atoms with Gasteiger partial charge >= 0.3 is 10.8 Å². The third kappa shape index (κ3) is 3.64. The Morgan fingerprint density at radius 3 is 2.33 bits per heavy atom. The van der Waals surface area contributed by atoms with Gasteiger partial charge in [0.1, 0.15) is 6.54 Å². The van der Waals surface area contributed by atoms with Crippen molar-refractivity contribution in [1.29, 1.82) is 0 Å². The predicted molar refractivity (Wildman–Crippen MR) is 94.0 cm³/mol. The number of hydrogen-bond acceptors (Lipinski definition) is 5. The minimum absolute atomic E-state index is 0.174. The minimum atomic E-state index is -0.592. The van der Waals surface area contributed by atoms with Crippen molar-refractivity contribution in [1.82, 2.24) is 4.57 Å². The largest absolute Gasteiger partial charge is 0.456 e. The van der Waals surface area contributed by atoms with Crippen LogP contribution in [0.5, 0.6) is 0 Å². The van der Waals surface area contributed by atoms with E-state index in [-0.39, 0.29) is 23.8 Å². The molecule has 0 aliphatic heterocycles. The zero-order chi connectivity index (χ0) is 18.0. The number of esters is 1. The number of hydrogen-bond donors (Lipinski definition) is 0. The number of nitrogens with zero attached hydrogens (tertiary/aromatic N) is 1. The van der Waals surface area contributed by atoms with E-state index in [1.807, 2.05) is 33.8 Å². The van der Waals surface area contributed by atoms with Crippen LogP contribution in [0.15, 0.2) is 16.2 Å². The van der Waals surface area contributed by atoms with Crippen molar-refractivity contribution in [2.45, 2.75) is 41.2 Å². The van der Waals surface area contributed by atoms with Crippen molar-refractivity contribution in [2.75, 3.05) is 6.61 Å². The van der Waals surface area contributed by atoms with Gasteiger partial charge in [0, 0.05) is 16.6 Å². The van der Waals surface area contributed by atoms with E-state index < -0.39 is 5.97 Å². The Bertz CT molecular complexity index is 861. The van der Waals surface area contributed by atoms with Gasteiger partial charge in [0.25, 0.3) is 0 Å². The Labute approximate surface area is 144 Å². The lowest BCUT2D eigenvalue weighted by Crippen LogP contribution is -2.24. The third-order valence-corrected chi connectivity index (χ3v) is 5.14. The number of ketones is 1. The predicted octanol–water partition coefficient (Wildman–Crippen LogP) is 2.88. The Balaban J connectivity index is 2.08. The van der Waals surface area contributed by atoms with Crippen LogP contribution in [0.1, 0.15) is 38.3 Å². The first-order valence-corrected chi connectivity index (χ1v) is 8.51. The fraction of sp³-hybridized carbons (Fsp3) is 0.389. The topological polar surface area (TPSA) is 65.4 Å². The summed E-state index contributed by atoms with van der Waals surface area (Å²) in [5.74, 6) is -0.818. The van der Waals surface area contributed by atoms with Gasteiger partial charge in [-0.25, -0.2) is 0 Å². The van der Waals surface area contributed by atoms with Gasteiger partial charge in [-0.2, -0.15) is 0 Å². The van der Waals surface area contributed by atoms with E-state index in [9.17, 15) is 14.4 Å². The second-order valence-corrected chi connectivity index (χ2v) is 6.77. The van der Waals surface area contributed by atoms with Crippen molar-refractivity contribution < 1.29 is 14.3 Å². The van der Waals surface area contributed by atoms with E-state index in [1.54, 1.807) is 12.3 Å². The molecule has 0 spiro atoms. The molecule has 0 saturated carbocycles. The summed E-state index contributed by atoms with van der Waals surface area (Å²) in [6, 6.07) is 1.96. The Kier molecular flexibility index (Phi) is 5.39. The summed E-state index contributed by atoms with van der Waals surface area (Å²) in [5.41, 5.74) is 5.30. The zero-order valence-corrected chi connectivity index (χ0v) is 15.4. The van der Waals surface area contributed by atoms with Gasteiger partial charge in [-0.3, -0.25) is 19.0 Å². The van der Waals surface area contributed by atoms with Crippen LogP contribution in [0, 0.1) is 34.6 Å². The number of thiazole rings is 1. The lowest BCUT2D eigenvalue weighted by Gasteiger charge is -2.14. The molecule has 2 aromatic rings. The highest BCUT2D eigenvalue weighted by atomic mass is 32.1. The van der Waals surface area contributed by atoms with E-state index in [2.05, 4.69) is 0 Å². The van der Waals surface area contributed by atoms with Crippen molar-refractivity contribution in [3.63, 3.8) is 0 Å². The van der Waals surface area contributed by atoms with Crippen molar-refractivity contribution in [3.05, 3.63) is 54.6 Å². The van der Waals surface area contributed by atoms with Crippen LogP contribution in [0.25, 0.3) is 0 Å². The molecular weight excluding hydrogens is 326 g/mol. The molecule has 0 amide bonds. The van der Waals surface area contributed by atoms with E-state index in [4.69, 9.17) is 4.74 Å². The summed E-state index contributed by atoms with van der Waals surface area (Å²) in [5, 5.41) is 1.68. The minimum Gasteiger partial charge on any atom is -0.456 e. The average Bonchev–Trinajstić information content (AvgIpc) is 2.82. The van der Waals surface area contributed by atoms with Crippen molar-refractivity contribution in [2.24, 2.45) is 0 Å². The van der Waals surface area contributed by atoms with Crippen LogP contribution < -0.4 is 4.87 Å². The van der Waals surface area contributed by atoms with Gasteiger partial charge < -0.3 is 4.74 Å². The fourth-order valence-electron chi connectivity index (χ4n) is 2.70. The highest BCUT2D eigenvalue weighted by Gasteiger charge is 2.18.